The summed E-state index contributed by atoms with van der Waals surface area (Å²) in [5.41, 5.74) is 0. The number of carbonyl (C=O) groups excluding carboxylic acids is 1. The van der Waals surface area contributed by atoms with Crippen molar-refractivity contribution in [2.75, 3.05) is 19.5 Å². The summed E-state index contributed by atoms with van der Waals surface area (Å²) < 4.78 is 17.6. The smallest absolute Gasteiger partial charge is 0.145 e. The van der Waals surface area contributed by atoms with E-state index in [1.165, 1.54) is 23.9 Å². The molecule has 0 fully saturated rings. The Balaban J connectivity index is 2.34. The molecule has 4 heteroatoms. The average molecular weight is 256 g/mol. The lowest BCUT2D eigenvalue weighted by Crippen LogP contribution is -2.15. The lowest BCUT2D eigenvalue weighted by molar-refractivity contribution is -0.120. The van der Waals surface area contributed by atoms with Gasteiger partial charge in [-0.25, -0.2) is 4.39 Å². The molecular formula is C13H17FO2S. The third kappa shape index (κ3) is 5.33. The van der Waals surface area contributed by atoms with Crippen LogP contribution >= 0.6 is 11.8 Å². The van der Waals surface area contributed by atoms with Crippen LogP contribution in [0.5, 0.6) is 0 Å². The molecule has 17 heavy (non-hydrogen) atoms. The number of hydrogen-bond donors (Lipinski definition) is 0. The fourth-order valence-electron chi connectivity index (χ4n) is 1.28. The Bertz CT molecular complexity index is 351. The van der Waals surface area contributed by atoms with E-state index in [4.69, 9.17) is 4.74 Å². The van der Waals surface area contributed by atoms with Gasteiger partial charge in [-0.05, 0) is 30.7 Å². The van der Waals surface area contributed by atoms with Crippen LogP contribution in [-0.2, 0) is 9.53 Å². The molecule has 0 saturated heterocycles. The molecular weight excluding hydrogens is 239 g/mol. The lowest BCUT2D eigenvalue weighted by Gasteiger charge is -2.09. The maximum Gasteiger partial charge on any atom is 0.145 e. The molecule has 0 spiro atoms. The van der Waals surface area contributed by atoms with Crippen molar-refractivity contribution in [3.8, 4) is 0 Å². The summed E-state index contributed by atoms with van der Waals surface area (Å²) in [6.45, 7) is 2.51. The minimum Gasteiger partial charge on any atom is -0.385 e. The number of benzene rings is 1. The number of carbonyl (C=O) groups is 1. The van der Waals surface area contributed by atoms with Gasteiger partial charge in [-0.1, -0.05) is 6.92 Å². The van der Waals surface area contributed by atoms with Crippen molar-refractivity contribution in [2.24, 2.45) is 5.92 Å². The second kappa shape index (κ2) is 7.45. The van der Waals surface area contributed by atoms with Crippen molar-refractivity contribution in [3.05, 3.63) is 30.1 Å². The van der Waals surface area contributed by atoms with Crippen LogP contribution in [0.4, 0.5) is 4.39 Å². The molecule has 0 aliphatic rings. The SMILES string of the molecule is COCCC(C)C(=O)CSc1ccc(F)cc1. The predicted molar refractivity (Wildman–Crippen MR) is 67.8 cm³/mol. The molecule has 0 N–H and O–H groups in total. The van der Waals surface area contributed by atoms with Crippen molar-refractivity contribution >= 4 is 17.5 Å². The number of thioether (sulfide) groups is 1. The van der Waals surface area contributed by atoms with E-state index in [9.17, 15) is 9.18 Å². The molecule has 0 aliphatic heterocycles. The maximum atomic E-state index is 12.7. The Morgan fingerprint density at radius 3 is 2.65 bits per heavy atom. The van der Waals surface area contributed by atoms with E-state index in [-0.39, 0.29) is 17.5 Å². The molecule has 0 heterocycles. The molecule has 1 unspecified atom stereocenters. The average Bonchev–Trinajstić information content (AvgIpc) is 2.34. The third-order valence-corrected chi connectivity index (χ3v) is 3.53. The third-order valence-electron chi connectivity index (χ3n) is 2.50. The van der Waals surface area contributed by atoms with E-state index < -0.39 is 0 Å². The van der Waals surface area contributed by atoms with Crippen LogP contribution in [-0.4, -0.2) is 25.3 Å². The Hall–Kier alpha value is -0.870. The number of hydrogen-bond acceptors (Lipinski definition) is 3. The van der Waals surface area contributed by atoms with E-state index in [0.717, 1.165) is 11.3 Å². The molecule has 0 aliphatic carbocycles. The Morgan fingerprint density at radius 2 is 2.06 bits per heavy atom. The highest BCUT2D eigenvalue weighted by Gasteiger charge is 2.12. The second-order valence-corrected chi connectivity index (χ2v) is 4.94. The van der Waals surface area contributed by atoms with Gasteiger partial charge in [0.2, 0.25) is 0 Å². The van der Waals surface area contributed by atoms with Crippen LogP contribution in [0, 0.1) is 11.7 Å². The fraction of sp³-hybridized carbons (Fsp3) is 0.462. The van der Waals surface area contributed by atoms with E-state index in [1.54, 1.807) is 19.2 Å². The van der Waals surface area contributed by atoms with Crippen molar-refractivity contribution in [1.29, 1.82) is 0 Å². The Morgan fingerprint density at radius 1 is 1.41 bits per heavy atom. The maximum absolute atomic E-state index is 12.7. The van der Waals surface area contributed by atoms with Crippen molar-refractivity contribution in [3.63, 3.8) is 0 Å². The van der Waals surface area contributed by atoms with Gasteiger partial charge >= 0.3 is 0 Å². The van der Waals surface area contributed by atoms with Crippen LogP contribution in [0.25, 0.3) is 0 Å². The molecule has 1 rings (SSSR count). The minimum atomic E-state index is -0.255. The monoisotopic (exact) mass is 256 g/mol. The number of halogens is 1. The number of ether oxygens (including phenoxy) is 1. The zero-order chi connectivity index (χ0) is 12.7. The first-order valence-corrected chi connectivity index (χ1v) is 6.52. The summed E-state index contributed by atoms with van der Waals surface area (Å²) in [5, 5.41) is 0. The largest absolute Gasteiger partial charge is 0.385 e. The minimum absolute atomic E-state index is 0.0166. The molecule has 0 radical (unpaired) electrons. The zero-order valence-corrected chi connectivity index (χ0v) is 10.9. The first-order valence-electron chi connectivity index (χ1n) is 5.53. The van der Waals surface area contributed by atoms with Gasteiger partial charge in [0.15, 0.2) is 0 Å². The van der Waals surface area contributed by atoms with Crippen molar-refractivity contribution in [2.45, 2.75) is 18.2 Å². The first-order chi connectivity index (χ1) is 8.13. The highest BCUT2D eigenvalue weighted by atomic mass is 32.2. The Labute approximate surface area is 106 Å². The predicted octanol–water partition coefficient (Wildman–Crippen LogP) is 3.16. The topological polar surface area (TPSA) is 26.3 Å². The summed E-state index contributed by atoms with van der Waals surface area (Å²) >= 11 is 1.44. The van der Waals surface area contributed by atoms with Crippen LogP contribution < -0.4 is 0 Å². The van der Waals surface area contributed by atoms with Gasteiger partial charge in [0, 0.05) is 24.5 Å². The summed E-state index contributed by atoms with van der Waals surface area (Å²) in [5.74, 6) is 0.393. The van der Waals surface area contributed by atoms with E-state index >= 15 is 0 Å². The van der Waals surface area contributed by atoms with Gasteiger partial charge in [0.25, 0.3) is 0 Å². The van der Waals surface area contributed by atoms with Crippen LogP contribution in [0.1, 0.15) is 13.3 Å². The number of ketones is 1. The van der Waals surface area contributed by atoms with Crippen LogP contribution in [0.3, 0.4) is 0 Å². The zero-order valence-electron chi connectivity index (χ0n) is 10.1. The van der Waals surface area contributed by atoms with Gasteiger partial charge in [0.1, 0.15) is 11.6 Å². The van der Waals surface area contributed by atoms with Gasteiger partial charge in [-0.15, -0.1) is 11.8 Å². The highest BCUT2D eigenvalue weighted by molar-refractivity contribution is 8.00. The molecule has 94 valence electrons. The van der Waals surface area contributed by atoms with Crippen molar-refractivity contribution in [1.82, 2.24) is 0 Å². The molecule has 1 aromatic rings. The molecule has 1 atom stereocenters. The van der Waals surface area contributed by atoms with Crippen LogP contribution in [0.15, 0.2) is 29.2 Å². The molecule has 0 aromatic heterocycles. The summed E-state index contributed by atoms with van der Waals surface area (Å²) in [4.78, 5) is 12.7. The van der Waals surface area contributed by atoms with Gasteiger partial charge in [-0.3, -0.25) is 4.79 Å². The number of methoxy groups -OCH3 is 1. The molecule has 0 amide bonds. The molecule has 0 bridgehead atoms. The van der Waals surface area contributed by atoms with E-state index in [0.29, 0.717) is 12.4 Å². The van der Waals surface area contributed by atoms with Gasteiger partial charge in [0.05, 0.1) is 5.75 Å². The first kappa shape index (κ1) is 14.2. The van der Waals surface area contributed by atoms with Crippen molar-refractivity contribution < 1.29 is 13.9 Å². The van der Waals surface area contributed by atoms with E-state index in [2.05, 4.69) is 0 Å². The normalized spacial score (nSPS) is 12.4. The standard InChI is InChI=1S/C13H17FO2S/c1-10(7-8-16-2)13(15)9-17-12-5-3-11(14)4-6-12/h3-6,10H,7-9H2,1-2H3. The molecule has 1 aromatic carbocycles. The second-order valence-electron chi connectivity index (χ2n) is 3.89. The fourth-order valence-corrected chi connectivity index (χ4v) is 2.21. The molecule has 0 saturated carbocycles. The number of rotatable bonds is 7. The number of Topliss-reactive ketones (excluding diaryl/α,β-unsaturated/α-hetero) is 1. The highest BCUT2D eigenvalue weighted by Crippen LogP contribution is 2.19. The van der Waals surface area contributed by atoms with Gasteiger partial charge < -0.3 is 4.74 Å². The van der Waals surface area contributed by atoms with Crippen LogP contribution in [0.2, 0.25) is 0 Å². The van der Waals surface area contributed by atoms with Gasteiger partial charge in [-0.2, -0.15) is 0 Å². The quantitative estimate of drug-likeness (QED) is 0.701. The van der Waals surface area contributed by atoms with E-state index in [1.807, 2.05) is 6.92 Å². The summed E-state index contributed by atoms with van der Waals surface area (Å²) in [7, 11) is 1.63. The molecule has 2 nitrogen and oxygen atoms in total. The Kier molecular flexibility index (Phi) is 6.22. The lowest BCUT2D eigenvalue weighted by atomic mass is 10.1. The summed E-state index contributed by atoms with van der Waals surface area (Å²) in [6, 6.07) is 6.18. The summed E-state index contributed by atoms with van der Waals surface area (Å²) in [6.07, 6.45) is 0.749.